The molecule has 156 valence electrons. The van der Waals surface area contributed by atoms with Crippen LogP contribution in [0.4, 0.5) is 0 Å². The van der Waals surface area contributed by atoms with E-state index >= 15 is 0 Å². The Hall–Kier alpha value is -0.120. The molecule has 26 heavy (non-hydrogen) atoms. The van der Waals surface area contributed by atoms with Crippen molar-refractivity contribution in [1.82, 2.24) is 0 Å². The van der Waals surface area contributed by atoms with Crippen molar-refractivity contribution >= 4 is 0 Å². The standard InChI is InChI=1S/C23H49N2O/c1-8-9-10-11-12-13-14-15-16-17-18-25(6,7)21-19-22(2,3)24(26)23(4,5)20-21/h21,24H,8-20H2,1-7H3/q+1. The van der Waals surface area contributed by atoms with E-state index in [1.165, 1.54) is 70.8 Å². The van der Waals surface area contributed by atoms with Gasteiger partial charge in [0.05, 0.1) is 44.6 Å². The van der Waals surface area contributed by atoms with Crippen molar-refractivity contribution in [3.63, 3.8) is 0 Å². The quantitative estimate of drug-likeness (QED) is 0.290. The summed E-state index contributed by atoms with van der Waals surface area (Å²) in [5.74, 6) is 0. The van der Waals surface area contributed by atoms with Crippen LogP contribution >= 0.6 is 0 Å². The van der Waals surface area contributed by atoms with Crippen molar-refractivity contribution in [1.29, 1.82) is 0 Å². The third-order valence-corrected chi connectivity index (χ3v) is 6.80. The molecule has 0 amide bonds. The smallest absolute Gasteiger partial charge is 0.101 e. The largest absolute Gasteiger partial charge is 0.634 e. The summed E-state index contributed by atoms with van der Waals surface area (Å²) in [6.07, 6.45) is 16.1. The molecule has 1 N–H and O–H groups in total. The average molecular weight is 370 g/mol. The fraction of sp³-hybridized carbons (Fsp3) is 1.00. The first-order valence-corrected chi connectivity index (χ1v) is 11.4. The Bertz CT molecular complexity index is 372. The minimum Gasteiger partial charge on any atom is -0.634 e. The van der Waals surface area contributed by atoms with Gasteiger partial charge in [-0.15, -0.1) is 0 Å². The van der Waals surface area contributed by atoms with E-state index in [4.69, 9.17) is 0 Å². The monoisotopic (exact) mass is 369 g/mol. The molecule has 0 spiro atoms. The van der Waals surface area contributed by atoms with E-state index in [0.29, 0.717) is 11.1 Å². The number of nitrogens with zero attached hydrogens (tertiary/aromatic N) is 1. The van der Waals surface area contributed by atoms with E-state index in [-0.39, 0.29) is 11.1 Å². The van der Waals surface area contributed by atoms with E-state index in [1.807, 2.05) is 0 Å². The van der Waals surface area contributed by atoms with Crippen LogP contribution in [0.5, 0.6) is 0 Å². The summed E-state index contributed by atoms with van der Waals surface area (Å²) in [5.41, 5.74) is -0.334. The number of nitrogens with one attached hydrogen (secondary N) is 1. The van der Waals surface area contributed by atoms with Gasteiger partial charge in [0, 0.05) is 0 Å². The fourth-order valence-corrected chi connectivity index (χ4v) is 5.04. The second-order valence-corrected chi connectivity index (χ2v) is 10.8. The third kappa shape index (κ3) is 7.48. The molecule has 0 aromatic heterocycles. The van der Waals surface area contributed by atoms with Gasteiger partial charge in [0.15, 0.2) is 0 Å². The first-order valence-electron chi connectivity index (χ1n) is 11.4. The van der Waals surface area contributed by atoms with E-state index in [2.05, 4.69) is 48.7 Å². The summed E-state index contributed by atoms with van der Waals surface area (Å²) in [4.78, 5) is 0. The van der Waals surface area contributed by atoms with Gasteiger partial charge in [-0.2, -0.15) is 0 Å². The molecule has 1 heterocycles. The second kappa shape index (κ2) is 10.4. The van der Waals surface area contributed by atoms with Crippen LogP contribution in [-0.2, 0) is 0 Å². The van der Waals surface area contributed by atoms with Gasteiger partial charge in [-0.3, -0.25) is 0 Å². The van der Waals surface area contributed by atoms with Crippen LogP contribution in [0.1, 0.15) is 112 Å². The molecule has 1 fully saturated rings. The van der Waals surface area contributed by atoms with Crippen LogP contribution in [0, 0.1) is 5.21 Å². The molecule has 1 aliphatic rings. The predicted molar refractivity (Wildman–Crippen MR) is 114 cm³/mol. The van der Waals surface area contributed by atoms with Gasteiger partial charge < -0.3 is 14.8 Å². The Balaban J connectivity index is 2.27. The highest BCUT2D eigenvalue weighted by Crippen LogP contribution is 2.30. The molecule has 0 atom stereocenters. The number of rotatable bonds is 12. The highest BCUT2D eigenvalue weighted by molar-refractivity contribution is 4.87. The molecule has 0 radical (unpaired) electrons. The molecule has 0 aliphatic carbocycles. The Morgan fingerprint density at radius 2 is 1.15 bits per heavy atom. The Labute approximate surface area is 164 Å². The molecule has 0 aromatic rings. The van der Waals surface area contributed by atoms with Crippen LogP contribution in [0.3, 0.4) is 0 Å². The minimum atomic E-state index is -0.167. The normalized spacial score (nSPS) is 25.4. The molecule has 0 bridgehead atoms. The number of hydrogen-bond acceptors (Lipinski definition) is 1. The number of unbranched alkanes of at least 4 members (excludes halogenated alkanes) is 9. The average Bonchev–Trinajstić information content (AvgIpc) is 2.53. The zero-order chi connectivity index (χ0) is 19.8. The van der Waals surface area contributed by atoms with E-state index in [9.17, 15) is 5.21 Å². The minimum absolute atomic E-state index is 0.167. The molecule has 0 aromatic carbocycles. The molecular formula is C23H49N2O+. The SMILES string of the molecule is CCCCCCCCCCCC[N+](C)(C)C1CC(C)(C)[NH+]([O-])C(C)(C)C1. The van der Waals surface area contributed by atoms with Gasteiger partial charge in [-0.1, -0.05) is 58.3 Å². The van der Waals surface area contributed by atoms with Crippen molar-refractivity contribution in [2.45, 2.75) is 129 Å². The van der Waals surface area contributed by atoms with Crippen LogP contribution < -0.4 is 5.06 Å². The van der Waals surface area contributed by atoms with Gasteiger partial charge in [0.2, 0.25) is 0 Å². The summed E-state index contributed by atoms with van der Waals surface area (Å²) in [6, 6.07) is 0.608. The highest BCUT2D eigenvalue weighted by atomic mass is 16.5. The number of quaternary nitrogens is 2. The van der Waals surface area contributed by atoms with E-state index in [0.717, 1.165) is 17.3 Å². The lowest BCUT2D eigenvalue weighted by Crippen LogP contribution is -3.23. The topological polar surface area (TPSA) is 27.5 Å². The maximum Gasteiger partial charge on any atom is 0.101 e. The summed E-state index contributed by atoms with van der Waals surface area (Å²) in [7, 11) is 4.78. The molecule has 1 aliphatic heterocycles. The third-order valence-electron chi connectivity index (χ3n) is 6.80. The van der Waals surface area contributed by atoms with Gasteiger partial charge in [-0.25, -0.2) is 0 Å². The predicted octanol–water partition coefficient (Wildman–Crippen LogP) is 5.09. The molecule has 3 nitrogen and oxygen atoms in total. The molecule has 1 saturated heterocycles. The summed E-state index contributed by atoms with van der Waals surface area (Å²) in [6.45, 7) is 12.2. The van der Waals surface area contributed by atoms with Crippen molar-refractivity contribution in [2.75, 3.05) is 20.6 Å². The van der Waals surface area contributed by atoms with E-state index in [1.54, 1.807) is 0 Å². The van der Waals surface area contributed by atoms with E-state index < -0.39 is 0 Å². The van der Waals surface area contributed by atoms with Crippen molar-refractivity contribution < 1.29 is 9.55 Å². The molecule has 0 unspecified atom stereocenters. The lowest BCUT2D eigenvalue weighted by molar-refractivity contribution is -0.985. The maximum absolute atomic E-state index is 12.7. The number of hydroxylamine groups is 2. The van der Waals surface area contributed by atoms with Crippen molar-refractivity contribution in [3.8, 4) is 0 Å². The summed E-state index contributed by atoms with van der Waals surface area (Å²) < 4.78 is 1.08. The maximum atomic E-state index is 12.7. The van der Waals surface area contributed by atoms with Crippen molar-refractivity contribution in [2.24, 2.45) is 0 Å². The second-order valence-electron chi connectivity index (χ2n) is 10.8. The Morgan fingerprint density at radius 3 is 1.58 bits per heavy atom. The number of hydrogen-bond donors (Lipinski definition) is 1. The van der Waals surface area contributed by atoms with Crippen LogP contribution in [-0.4, -0.2) is 42.2 Å². The van der Waals surface area contributed by atoms with Gasteiger partial charge in [0.1, 0.15) is 6.04 Å². The van der Waals surface area contributed by atoms with Crippen molar-refractivity contribution in [3.05, 3.63) is 5.21 Å². The summed E-state index contributed by atoms with van der Waals surface area (Å²) >= 11 is 0. The molecule has 1 rings (SSSR count). The lowest BCUT2D eigenvalue weighted by atomic mass is 9.77. The van der Waals surface area contributed by atoms with Crippen LogP contribution in [0.25, 0.3) is 0 Å². The first kappa shape index (κ1) is 23.9. The summed E-state index contributed by atoms with van der Waals surface area (Å²) in [5, 5.41) is 13.1. The number of piperidine rings is 1. The van der Waals surface area contributed by atoms with Gasteiger partial charge >= 0.3 is 0 Å². The fourth-order valence-electron chi connectivity index (χ4n) is 5.04. The zero-order valence-electron chi connectivity index (χ0n) is 19.1. The lowest BCUT2D eigenvalue weighted by Gasteiger charge is -2.57. The van der Waals surface area contributed by atoms with Gasteiger partial charge in [-0.05, 0) is 40.5 Å². The Kier molecular flexibility index (Phi) is 9.60. The van der Waals surface area contributed by atoms with Crippen LogP contribution in [0.15, 0.2) is 0 Å². The molecule has 3 heteroatoms. The first-order chi connectivity index (χ1) is 12.0. The van der Waals surface area contributed by atoms with Gasteiger partial charge in [0.25, 0.3) is 0 Å². The molecular weight excluding hydrogens is 320 g/mol. The zero-order valence-corrected chi connectivity index (χ0v) is 19.1. The highest BCUT2D eigenvalue weighted by Gasteiger charge is 2.50. The Morgan fingerprint density at radius 1 is 0.769 bits per heavy atom. The molecule has 0 saturated carbocycles. The van der Waals surface area contributed by atoms with Crippen LogP contribution in [0.2, 0.25) is 0 Å².